The average Bonchev–Trinajstić information content (AvgIpc) is 2.33. The maximum Gasteiger partial charge on any atom is 0.0210 e. The Bertz CT molecular complexity index is 396. The highest BCUT2D eigenvalue weighted by Gasteiger charge is 2.26. The molecule has 1 nitrogen and oxygen atoms in total. The second-order valence-corrected chi connectivity index (χ2v) is 6.68. The minimum absolute atomic E-state index is 0.567. The Labute approximate surface area is 112 Å². The molecule has 0 atom stereocenters. The van der Waals surface area contributed by atoms with E-state index in [4.69, 9.17) is 0 Å². The van der Waals surface area contributed by atoms with Gasteiger partial charge in [-0.2, -0.15) is 0 Å². The molecule has 0 radical (unpaired) electrons. The van der Waals surface area contributed by atoms with Crippen molar-refractivity contribution in [1.82, 2.24) is 5.32 Å². The van der Waals surface area contributed by atoms with E-state index in [9.17, 15) is 0 Å². The number of hydrogen-bond donors (Lipinski definition) is 1. The summed E-state index contributed by atoms with van der Waals surface area (Å²) in [6.45, 7) is 10.2. The van der Waals surface area contributed by atoms with Gasteiger partial charge in [-0.05, 0) is 61.6 Å². The Morgan fingerprint density at radius 2 is 1.83 bits per heavy atom. The van der Waals surface area contributed by atoms with Crippen molar-refractivity contribution < 1.29 is 0 Å². The van der Waals surface area contributed by atoms with Crippen molar-refractivity contribution in [1.29, 1.82) is 0 Å². The van der Waals surface area contributed by atoms with E-state index >= 15 is 0 Å². The summed E-state index contributed by atoms with van der Waals surface area (Å²) >= 11 is 0. The fourth-order valence-corrected chi connectivity index (χ4v) is 2.86. The maximum absolute atomic E-state index is 3.74. The van der Waals surface area contributed by atoms with Gasteiger partial charge in [0.15, 0.2) is 0 Å². The van der Waals surface area contributed by atoms with Crippen molar-refractivity contribution in [3.8, 4) is 0 Å². The Balaban J connectivity index is 1.87. The topological polar surface area (TPSA) is 12.0 Å². The summed E-state index contributed by atoms with van der Waals surface area (Å²) in [6.07, 6.45) is 5.38. The van der Waals surface area contributed by atoms with Crippen LogP contribution in [0.25, 0.3) is 0 Å². The number of rotatable bonds is 3. The molecule has 1 N–H and O–H groups in total. The summed E-state index contributed by atoms with van der Waals surface area (Å²) in [5.74, 6) is 0. The van der Waals surface area contributed by atoms with Gasteiger partial charge in [0, 0.05) is 12.6 Å². The van der Waals surface area contributed by atoms with Gasteiger partial charge in [-0.3, -0.25) is 0 Å². The Kier molecular flexibility index (Phi) is 4.11. The van der Waals surface area contributed by atoms with Crippen molar-refractivity contribution in [2.45, 2.75) is 66.0 Å². The number of nitrogens with one attached hydrogen (secondary N) is 1. The fourth-order valence-electron chi connectivity index (χ4n) is 2.86. The van der Waals surface area contributed by atoms with Gasteiger partial charge in [-0.1, -0.05) is 32.0 Å². The SMILES string of the molecule is Cc1cccc(CNC2CCC(C)(C)CC2)c1C. The van der Waals surface area contributed by atoms with Crippen LogP contribution in [0.2, 0.25) is 0 Å². The summed E-state index contributed by atoms with van der Waals surface area (Å²) in [7, 11) is 0. The highest BCUT2D eigenvalue weighted by atomic mass is 14.9. The van der Waals surface area contributed by atoms with Crippen LogP contribution in [0.1, 0.15) is 56.2 Å². The average molecular weight is 245 g/mol. The van der Waals surface area contributed by atoms with E-state index in [1.807, 2.05) is 0 Å². The quantitative estimate of drug-likeness (QED) is 0.834. The lowest BCUT2D eigenvalue weighted by atomic mass is 9.75. The Hall–Kier alpha value is -0.820. The van der Waals surface area contributed by atoms with E-state index in [0.717, 1.165) is 12.6 Å². The first kappa shape index (κ1) is 13.6. The van der Waals surface area contributed by atoms with E-state index in [1.54, 1.807) is 0 Å². The van der Waals surface area contributed by atoms with Crippen LogP contribution >= 0.6 is 0 Å². The zero-order valence-electron chi connectivity index (χ0n) is 12.3. The van der Waals surface area contributed by atoms with Crippen LogP contribution in [0.3, 0.4) is 0 Å². The largest absolute Gasteiger partial charge is 0.310 e. The second kappa shape index (κ2) is 5.44. The lowest BCUT2D eigenvalue weighted by Gasteiger charge is -2.34. The fraction of sp³-hybridized carbons (Fsp3) is 0.647. The first-order valence-corrected chi connectivity index (χ1v) is 7.26. The molecule has 18 heavy (non-hydrogen) atoms. The minimum Gasteiger partial charge on any atom is -0.310 e. The summed E-state index contributed by atoms with van der Waals surface area (Å²) in [5.41, 5.74) is 4.87. The molecule has 0 aliphatic heterocycles. The van der Waals surface area contributed by atoms with Crippen molar-refractivity contribution >= 4 is 0 Å². The molecule has 0 amide bonds. The highest BCUT2D eigenvalue weighted by molar-refractivity contribution is 5.32. The lowest BCUT2D eigenvalue weighted by molar-refractivity contribution is 0.206. The molecule has 0 saturated heterocycles. The van der Waals surface area contributed by atoms with Gasteiger partial charge >= 0.3 is 0 Å². The first-order valence-electron chi connectivity index (χ1n) is 7.26. The summed E-state index contributed by atoms with van der Waals surface area (Å²) in [4.78, 5) is 0. The molecule has 1 aliphatic carbocycles. The molecule has 0 unspecified atom stereocenters. The third-order valence-electron chi connectivity index (χ3n) is 4.64. The third-order valence-corrected chi connectivity index (χ3v) is 4.64. The van der Waals surface area contributed by atoms with Crippen LogP contribution in [0, 0.1) is 19.3 Å². The molecule has 100 valence electrons. The van der Waals surface area contributed by atoms with Crippen molar-refractivity contribution in [3.05, 3.63) is 34.9 Å². The molecule has 0 bridgehead atoms. The molecule has 0 heterocycles. The molecule has 2 rings (SSSR count). The zero-order chi connectivity index (χ0) is 13.2. The van der Waals surface area contributed by atoms with E-state index in [2.05, 4.69) is 51.2 Å². The van der Waals surface area contributed by atoms with Gasteiger partial charge in [0.25, 0.3) is 0 Å². The van der Waals surface area contributed by atoms with Gasteiger partial charge < -0.3 is 5.32 Å². The lowest BCUT2D eigenvalue weighted by Crippen LogP contribution is -2.35. The van der Waals surface area contributed by atoms with Gasteiger partial charge in [0.05, 0.1) is 0 Å². The minimum atomic E-state index is 0.567. The van der Waals surface area contributed by atoms with E-state index in [0.29, 0.717) is 5.41 Å². The molecule has 1 aromatic rings. The van der Waals surface area contributed by atoms with Crippen molar-refractivity contribution in [2.75, 3.05) is 0 Å². The van der Waals surface area contributed by atoms with Crippen molar-refractivity contribution in [3.63, 3.8) is 0 Å². The number of hydrogen-bond acceptors (Lipinski definition) is 1. The molecule has 1 fully saturated rings. The summed E-state index contributed by atoms with van der Waals surface area (Å²) in [5, 5.41) is 3.74. The van der Waals surface area contributed by atoms with E-state index in [1.165, 1.54) is 42.4 Å². The molecule has 1 heteroatoms. The van der Waals surface area contributed by atoms with Gasteiger partial charge in [0.2, 0.25) is 0 Å². The highest BCUT2D eigenvalue weighted by Crippen LogP contribution is 2.35. The standard InChI is InChI=1S/C17H27N/c1-13-6-5-7-15(14(13)2)12-18-16-8-10-17(3,4)11-9-16/h5-7,16,18H,8-12H2,1-4H3. The molecular weight excluding hydrogens is 218 g/mol. The summed E-state index contributed by atoms with van der Waals surface area (Å²) in [6, 6.07) is 7.34. The van der Waals surface area contributed by atoms with E-state index in [-0.39, 0.29) is 0 Å². The molecule has 0 spiro atoms. The smallest absolute Gasteiger partial charge is 0.0210 e. The normalized spacial score (nSPS) is 20.0. The van der Waals surface area contributed by atoms with Crippen molar-refractivity contribution in [2.24, 2.45) is 5.41 Å². The predicted molar refractivity (Wildman–Crippen MR) is 78.8 cm³/mol. The molecule has 1 aliphatic rings. The second-order valence-electron chi connectivity index (χ2n) is 6.68. The number of aryl methyl sites for hydroxylation is 1. The number of benzene rings is 1. The maximum atomic E-state index is 3.74. The van der Waals surface area contributed by atoms with Crippen LogP contribution in [0.5, 0.6) is 0 Å². The monoisotopic (exact) mass is 245 g/mol. The first-order chi connectivity index (χ1) is 8.48. The van der Waals surface area contributed by atoms with Crippen LogP contribution in [0.15, 0.2) is 18.2 Å². The van der Waals surface area contributed by atoms with Crippen LogP contribution in [0.4, 0.5) is 0 Å². The molecule has 0 aromatic heterocycles. The predicted octanol–water partition coefficient (Wildman–Crippen LogP) is 4.36. The summed E-state index contributed by atoms with van der Waals surface area (Å²) < 4.78 is 0. The Morgan fingerprint density at radius 3 is 2.50 bits per heavy atom. The molecule has 1 aromatic carbocycles. The van der Waals surface area contributed by atoms with Crippen LogP contribution in [-0.4, -0.2) is 6.04 Å². The van der Waals surface area contributed by atoms with Gasteiger partial charge in [0.1, 0.15) is 0 Å². The third kappa shape index (κ3) is 3.35. The van der Waals surface area contributed by atoms with E-state index < -0.39 is 0 Å². The van der Waals surface area contributed by atoms with Gasteiger partial charge in [-0.15, -0.1) is 0 Å². The van der Waals surface area contributed by atoms with Crippen LogP contribution < -0.4 is 5.32 Å². The van der Waals surface area contributed by atoms with Crippen LogP contribution in [-0.2, 0) is 6.54 Å². The Morgan fingerprint density at radius 1 is 1.17 bits per heavy atom. The molecular formula is C17H27N. The zero-order valence-corrected chi connectivity index (χ0v) is 12.3. The molecule has 1 saturated carbocycles. The van der Waals surface area contributed by atoms with Gasteiger partial charge in [-0.25, -0.2) is 0 Å².